The third-order valence-electron chi connectivity index (χ3n) is 1.88. The van der Waals surface area contributed by atoms with E-state index < -0.39 is 11.8 Å². The summed E-state index contributed by atoms with van der Waals surface area (Å²) in [5.41, 5.74) is 0.297. The van der Waals surface area contributed by atoms with Crippen molar-refractivity contribution in [1.82, 2.24) is 0 Å². The summed E-state index contributed by atoms with van der Waals surface area (Å²) in [6.45, 7) is 1.32. The number of carbonyl (C=O) groups is 2. The van der Waals surface area contributed by atoms with Gasteiger partial charge in [-0.05, 0) is 34.1 Å². The van der Waals surface area contributed by atoms with Gasteiger partial charge in [0.1, 0.15) is 5.82 Å². The summed E-state index contributed by atoms with van der Waals surface area (Å²) >= 11 is 3.07. The predicted octanol–water partition coefficient (Wildman–Crippen LogP) is 2.72. The average molecular weight is 289 g/mol. The highest BCUT2D eigenvalue weighted by Crippen LogP contribution is 2.18. The van der Waals surface area contributed by atoms with Crippen LogP contribution < -0.4 is 0 Å². The molecule has 5 heteroatoms. The van der Waals surface area contributed by atoms with Gasteiger partial charge in [-0.1, -0.05) is 6.92 Å². The van der Waals surface area contributed by atoms with Gasteiger partial charge in [0.25, 0.3) is 0 Å². The maximum atomic E-state index is 12.8. The Kier molecular flexibility index (Phi) is 4.61. The molecular weight excluding hydrogens is 279 g/mol. The van der Waals surface area contributed by atoms with Gasteiger partial charge in [0.05, 0.1) is 0 Å². The monoisotopic (exact) mass is 288 g/mol. The molecule has 0 saturated heterocycles. The van der Waals surface area contributed by atoms with Crippen LogP contribution in [0.3, 0.4) is 0 Å². The van der Waals surface area contributed by atoms with Crippen molar-refractivity contribution in [3.8, 4) is 0 Å². The van der Waals surface area contributed by atoms with Crippen molar-refractivity contribution in [3.05, 3.63) is 34.1 Å². The number of carbonyl (C=O) groups excluding carboxylic acids is 2. The van der Waals surface area contributed by atoms with Crippen LogP contribution in [0.1, 0.15) is 23.7 Å². The van der Waals surface area contributed by atoms with Crippen LogP contribution in [-0.4, -0.2) is 18.4 Å². The molecule has 3 nitrogen and oxygen atoms in total. The first-order chi connectivity index (χ1) is 7.54. The zero-order valence-corrected chi connectivity index (χ0v) is 10.2. The first kappa shape index (κ1) is 12.8. The van der Waals surface area contributed by atoms with Crippen LogP contribution in [0.15, 0.2) is 22.7 Å². The van der Waals surface area contributed by atoms with E-state index in [4.69, 9.17) is 0 Å². The van der Waals surface area contributed by atoms with Crippen molar-refractivity contribution in [2.75, 3.05) is 6.61 Å². The Labute approximate surface area is 101 Å². The van der Waals surface area contributed by atoms with Gasteiger partial charge in [-0.15, -0.1) is 0 Å². The molecular formula is C11H10BrFO3. The molecule has 0 amide bonds. The minimum Gasteiger partial charge on any atom is -0.457 e. The molecule has 0 N–H and O–H groups in total. The Balaban J connectivity index is 2.70. The molecule has 0 aliphatic rings. The summed E-state index contributed by atoms with van der Waals surface area (Å²) < 4.78 is 17.8. The molecule has 0 aromatic heterocycles. The minimum absolute atomic E-state index is 0.220. The van der Waals surface area contributed by atoms with Gasteiger partial charge in [-0.25, -0.2) is 4.39 Å². The van der Waals surface area contributed by atoms with Gasteiger partial charge in [0, 0.05) is 16.5 Å². The molecule has 16 heavy (non-hydrogen) atoms. The van der Waals surface area contributed by atoms with Gasteiger partial charge in [0.15, 0.2) is 6.61 Å². The van der Waals surface area contributed by atoms with Gasteiger partial charge < -0.3 is 4.74 Å². The SMILES string of the molecule is CCC(=O)OCC(=O)c1ccc(F)cc1Br. The van der Waals surface area contributed by atoms with E-state index in [1.807, 2.05) is 0 Å². The summed E-state index contributed by atoms with van der Waals surface area (Å²) in [6, 6.07) is 3.72. The smallest absolute Gasteiger partial charge is 0.305 e. The molecule has 0 atom stereocenters. The molecule has 0 unspecified atom stereocenters. The Morgan fingerprint density at radius 1 is 1.44 bits per heavy atom. The van der Waals surface area contributed by atoms with E-state index in [0.717, 1.165) is 0 Å². The molecule has 0 spiro atoms. The molecule has 1 aromatic rings. The number of halogens is 2. The van der Waals surface area contributed by atoms with Crippen LogP contribution in [0.25, 0.3) is 0 Å². The molecule has 0 aliphatic carbocycles. The quantitative estimate of drug-likeness (QED) is 0.632. The Bertz CT molecular complexity index is 418. The second-order valence-electron chi connectivity index (χ2n) is 3.06. The van der Waals surface area contributed by atoms with E-state index in [1.54, 1.807) is 6.92 Å². The first-order valence-electron chi connectivity index (χ1n) is 4.68. The summed E-state index contributed by atoms with van der Waals surface area (Å²) in [4.78, 5) is 22.4. The second-order valence-corrected chi connectivity index (χ2v) is 3.92. The number of hydrogen-bond acceptors (Lipinski definition) is 3. The van der Waals surface area contributed by atoms with Crippen LogP contribution in [0.2, 0.25) is 0 Å². The van der Waals surface area contributed by atoms with Crippen LogP contribution in [-0.2, 0) is 9.53 Å². The molecule has 0 aliphatic heterocycles. The highest BCUT2D eigenvalue weighted by molar-refractivity contribution is 9.10. The lowest BCUT2D eigenvalue weighted by Crippen LogP contribution is -2.13. The molecule has 0 saturated carbocycles. The van der Waals surface area contributed by atoms with Gasteiger partial charge in [-0.3, -0.25) is 9.59 Å². The van der Waals surface area contributed by atoms with Crippen LogP contribution in [0.4, 0.5) is 4.39 Å². The highest BCUT2D eigenvalue weighted by atomic mass is 79.9. The number of ether oxygens (including phenoxy) is 1. The van der Waals surface area contributed by atoms with Crippen molar-refractivity contribution in [1.29, 1.82) is 0 Å². The van der Waals surface area contributed by atoms with E-state index in [0.29, 0.717) is 10.0 Å². The number of benzene rings is 1. The molecule has 0 radical (unpaired) electrons. The zero-order chi connectivity index (χ0) is 12.1. The van der Waals surface area contributed by atoms with Crippen molar-refractivity contribution >= 4 is 27.7 Å². The van der Waals surface area contributed by atoms with Crippen LogP contribution in [0.5, 0.6) is 0 Å². The van der Waals surface area contributed by atoms with E-state index >= 15 is 0 Å². The van der Waals surface area contributed by atoms with E-state index in [-0.39, 0.29) is 18.8 Å². The van der Waals surface area contributed by atoms with E-state index in [9.17, 15) is 14.0 Å². The third-order valence-corrected chi connectivity index (χ3v) is 2.54. The van der Waals surface area contributed by atoms with Gasteiger partial charge in [0.2, 0.25) is 5.78 Å². The predicted molar refractivity (Wildman–Crippen MR) is 59.7 cm³/mol. The van der Waals surface area contributed by atoms with Crippen molar-refractivity contribution in [2.45, 2.75) is 13.3 Å². The number of hydrogen-bond donors (Lipinski definition) is 0. The average Bonchev–Trinajstić information content (AvgIpc) is 2.25. The topological polar surface area (TPSA) is 43.4 Å². The number of esters is 1. The van der Waals surface area contributed by atoms with Gasteiger partial charge in [-0.2, -0.15) is 0 Å². The molecule has 0 fully saturated rings. The molecule has 0 heterocycles. The lowest BCUT2D eigenvalue weighted by molar-refractivity contribution is -0.142. The molecule has 1 rings (SSSR count). The van der Waals surface area contributed by atoms with Crippen LogP contribution in [0, 0.1) is 5.82 Å². The minimum atomic E-state index is -0.438. The highest BCUT2D eigenvalue weighted by Gasteiger charge is 2.12. The Morgan fingerprint density at radius 3 is 2.69 bits per heavy atom. The molecule has 86 valence electrons. The maximum Gasteiger partial charge on any atom is 0.305 e. The molecule has 1 aromatic carbocycles. The summed E-state index contributed by atoms with van der Waals surface area (Å²) in [5.74, 6) is -1.24. The number of ketones is 1. The van der Waals surface area contributed by atoms with Gasteiger partial charge >= 0.3 is 5.97 Å². The fourth-order valence-corrected chi connectivity index (χ4v) is 1.61. The Morgan fingerprint density at radius 2 is 2.12 bits per heavy atom. The summed E-state index contributed by atoms with van der Waals surface area (Å²) in [7, 11) is 0. The summed E-state index contributed by atoms with van der Waals surface area (Å²) in [5, 5.41) is 0. The summed E-state index contributed by atoms with van der Waals surface area (Å²) in [6.07, 6.45) is 0.220. The fraction of sp³-hybridized carbons (Fsp3) is 0.273. The van der Waals surface area contributed by atoms with Crippen molar-refractivity contribution in [2.24, 2.45) is 0 Å². The second kappa shape index (κ2) is 5.75. The number of Topliss-reactive ketones (excluding diaryl/α,β-unsaturated/α-hetero) is 1. The third kappa shape index (κ3) is 3.41. The van der Waals surface area contributed by atoms with E-state index in [1.165, 1.54) is 18.2 Å². The van der Waals surface area contributed by atoms with Crippen LogP contribution >= 0.6 is 15.9 Å². The standard InChI is InChI=1S/C11H10BrFO3/c1-2-11(15)16-6-10(14)8-4-3-7(13)5-9(8)12/h3-5H,2,6H2,1H3. The van der Waals surface area contributed by atoms with E-state index in [2.05, 4.69) is 20.7 Å². The zero-order valence-electron chi connectivity index (χ0n) is 8.63. The first-order valence-corrected chi connectivity index (χ1v) is 5.47. The van der Waals surface area contributed by atoms with Crippen molar-refractivity contribution in [3.63, 3.8) is 0 Å². The Hall–Kier alpha value is -1.23. The lowest BCUT2D eigenvalue weighted by atomic mass is 10.1. The normalized spacial score (nSPS) is 9.94. The molecule has 0 bridgehead atoms. The lowest BCUT2D eigenvalue weighted by Gasteiger charge is -2.04. The number of rotatable bonds is 4. The van der Waals surface area contributed by atoms with Crippen molar-refractivity contribution < 1.29 is 18.7 Å². The fourth-order valence-electron chi connectivity index (χ4n) is 1.04. The largest absolute Gasteiger partial charge is 0.457 e. The maximum absolute atomic E-state index is 12.8.